The van der Waals surface area contributed by atoms with Crippen LogP contribution in [0.3, 0.4) is 0 Å². The molecule has 0 saturated heterocycles. The zero-order chi connectivity index (χ0) is 14.5. The lowest BCUT2D eigenvalue weighted by atomic mass is 10.1. The topological polar surface area (TPSA) is 45.0 Å². The minimum Gasteiger partial charge on any atom is -0.495 e. The van der Waals surface area contributed by atoms with Crippen LogP contribution < -0.4 is 10.1 Å². The number of nitriles is 1. The maximum absolute atomic E-state index is 9.06. The van der Waals surface area contributed by atoms with Crippen LogP contribution in [0.15, 0.2) is 23.8 Å². The zero-order valence-corrected chi connectivity index (χ0v) is 12.4. The molecule has 1 aromatic carbocycles. The molecule has 0 spiro atoms. The summed E-state index contributed by atoms with van der Waals surface area (Å²) in [4.78, 5) is 0. The van der Waals surface area contributed by atoms with Crippen molar-refractivity contribution >= 4 is 6.08 Å². The van der Waals surface area contributed by atoms with E-state index in [1.54, 1.807) is 7.11 Å². The number of ether oxygens (including phenoxy) is 1. The molecule has 0 atom stereocenters. The first-order valence-corrected chi connectivity index (χ1v) is 6.36. The Balaban J connectivity index is 2.84. The summed E-state index contributed by atoms with van der Waals surface area (Å²) in [6, 6.07) is 7.78. The Morgan fingerprint density at radius 2 is 2.11 bits per heavy atom. The van der Waals surface area contributed by atoms with Crippen LogP contribution >= 0.6 is 0 Å². The molecule has 0 aliphatic carbocycles. The van der Waals surface area contributed by atoms with E-state index in [0.717, 1.165) is 12.1 Å². The van der Waals surface area contributed by atoms with Crippen molar-refractivity contribution in [1.82, 2.24) is 5.32 Å². The average Bonchev–Trinajstić information content (AvgIpc) is 2.35. The third kappa shape index (κ3) is 5.15. The normalized spacial score (nSPS) is 12.1. The van der Waals surface area contributed by atoms with Crippen molar-refractivity contribution in [3.8, 4) is 11.8 Å². The second-order valence-corrected chi connectivity index (χ2v) is 5.67. The molecule has 0 saturated carbocycles. The summed E-state index contributed by atoms with van der Waals surface area (Å²) in [5.74, 6) is 0.616. The van der Waals surface area contributed by atoms with Gasteiger partial charge in [-0.05, 0) is 45.4 Å². The first kappa shape index (κ1) is 15.3. The molecule has 102 valence electrons. The van der Waals surface area contributed by atoms with E-state index >= 15 is 0 Å². The molecule has 19 heavy (non-hydrogen) atoms. The number of hydrogen-bond acceptors (Lipinski definition) is 3. The van der Waals surface area contributed by atoms with Crippen molar-refractivity contribution in [2.24, 2.45) is 0 Å². The molecule has 0 fully saturated rings. The van der Waals surface area contributed by atoms with Gasteiger partial charge in [-0.25, -0.2) is 0 Å². The average molecular weight is 258 g/mol. The van der Waals surface area contributed by atoms with Crippen LogP contribution in [0.4, 0.5) is 0 Å². The number of rotatable bonds is 4. The quantitative estimate of drug-likeness (QED) is 0.900. The van der Waals surface area contributed by atoms with Gasteiger partial charge in [-0.1, -0.05) is 17.7 Å². The molecule has 0 aromatic heterocycles. The van der Waals surface area contributed by atoms with Gasteiger partial charge >= 0.3 is 0 Å². The van der Waals surface area contributed by atoms with E-state index in [1.165, 1.54) is 5.57 Å². The lowest BCUT2D eigenvalue weighted by Crippen LogP contribution is -2.36. The molecule has 3 heteroatoms. The summed E-state index contributed by atoms with van der Waals surface area (Å²) in [6.07, 6.45) is 2.08. The molecular weight excluding hydrogens is 236 g/mol. The lowest BCUT2D eigenvalue weighted by Gasteiger charge is -2.20. The Morgan fingerprint density at radius 1 is 1.42 bits per heavy atom. The summed E-state index contributed by atoms with van der Waals surface area (Å²) in [7, 11) is 1.57. The van der Waals surface area contributed by atoms with Crippen molar-refractivity contribution in [3.05, 3.63) is 34.9 Å². The van der Waals surface area contributed by atoms with E-state index in [4.69, 9.17) is 10.00 Å². The van der Waals surface area contributed by atoms with E-state index in [9.17, 15) is 0 Å². The highest BCUT2D eigenvalue weighted by atomic mass is 16.5. The molecule has 0 radical (unpaired) electrons. The molecule has 1 N–H and O–H groups in total. The summed E-state index contributed by atoms with van der Waals surface area (Å²) in [5, 5.41) is 12.5. The van der Waals surface area contributed by atoms with Gasteiger partial charge in [-0.2, -0.15) is 5.26 Å². The number of nitrogens with zero attached hydrogens (tertiary/aromatic N) is 1. The SMILES string of the molecule is COc1ccc(C=C(C)CNC(C)(C)C)cc1C#N. The van der Waals surface area contributed by atoms with Crippen LogP contribution in [-0.2, 0) is 0 Å². The lowest BCUT2D eigenvalue weighted by molar-refractivity contribution is 0.413. The summed E-state index contributed by atoms with van der Waals surface area (Å²) >= 11 is 0. The predicted molar refractivity (Wildman–Crippen MR) is 79.1 cm³/mol. The maximum atomic E-state index is 9.06. The highest BCUT2D eigenvalue weighted by Crippen LogP contribution is 2.20. The largest absolute Gasteiger partial charge is 0.495 e. The summed E-state index contributed by atoms with van der Waals surface area (Å²) in [6.45, 7) is 9.33. The minimum atomic E-state index is 0.104. The number of benzene rings is 1. The molecule has 0 aliphatic heterocycles. The van der Waals surface area contributed by atoms with Crippen molar-refractivity contribution in [2.45, 2.75) is 33.2 Å². The van der Waals surface area contributed by atoms with E-state index in [2.05, 4.69) is 45.2 Å². The van der Waals surface area contributed by atoms with Crippen LogP contribution in [0.2, 0.25) is 0 Å². The minimum absolute atomic E-state index is 0.104. The highest BCUT2D eigenvalue weighted by Gasteiger charge is 2.08. The zero-order valence-electron chi connectivity index (χ0n) is 12.4. The van der Waals surface area contributed by atoms with Crippen LogP contribution in [0.1, 0.15) is 38.8 Å². The van der Waals surface area contributed by atoms with Crippen LogP contribution in [0, 0.1) is 11.3 Å². The maximum Gasteiger partial charge on any atom is 0.136 e. The van der Waals surface area contributed by atoms with Crippen molar-refractivity contribution in [2.75, 3.05) is 13.7 Å². The second-order valence-electron chi connectivity index (χ2n) is 5.67. The second kappa shape index (κ2) is 6.40. The molecule has 1 aromatic rings. The van der Waals surface area contributed by atoms with Crippen LogP contribution in [0.25, 0.3) is 6.08 Å². The monoisotopic (exact) mass is 258 g/mol. The fraction of sp³-hybridized carbons (Fsp3) is 0.438. The predicted octanol–water partition coefficient (Wildman–Crippen LogP) is 3.36. The number of nitrogens with one attached hydrogen (secondary N) is 1. The molecule has 0 unspecified atom stereocenters. The van der Waals surface area contributed by atoms with Gasteiger partial charge in [-0.15, -0.1) is 0 Å². The Labute approximate surface area is 115 Å². The Hall–Kier alpha value is -1.79. The third-order valence-electron chi connectivity index (χ3n) is 2.65. The van der Waals surface area contributed by atoms with Crippen LogP contribution in [0.5, 0.6) is 5.75 Å². The van der Waals surface area contributed by atoms with Gasteiger partial charge in [0.15, 0.2) is 0 Å². The Bertz CT molecular complexity index is 504. The van der Waals surface area contributed by atoms with Crippen molar-refractivity contribution < 1.29 is 4.74 Å². The van der Waals surface area contributed by atoms with E-state index in [1.807, 2.05) is 18.2 Å². The smallest absolute Gasteiger partial charge is 0.136 e. The van der Waals surface area contributed by atoms with Gasteiger partial charge in [0.05, 0.1) is 12.7 Å². The van der Waals surface area contributed by atoms with Crippen LogP contribution in [-0.4, -0.2) is 19.2 Å². The highest BCUT2D eigenvalue weighted by molar-refractivity contribution is 5.58. The van der Waals surface area contributed by atoms with Crippen molar-refractivity contribution in [1.29, 1.82) is 5.26 Å². The van der Waals surface area contributed by atoms with Gasteiger partial charge in [0, 0.05) is 12.1 Å². The van der Waals surface area contributed by atoms with Gasteiger partial charge in [0.2, 0.25) is 0 Å². The van der Waals surface area contributed by atoms with E-state index < -0.39 is 0 Å². The standard InChI is InChI=1S/C16H22N2O/c1-12(11-18-16(2,3)4)8-13-6-7-15(19-5)14(9-13)10-17/h6-9,18H,11H2,1-5H3. The van der Waals surface area contributed by atoms with E-state index in [-0.39, 0.29) is 5.54 Å². The Morgan fingerprint density at radius 3 is 2.63 bits per heavy atom. The van der Waals surface area contributed by atoms with E-state index in [0.29, 0.717) is 11.3 Å². The first-order chi connectivity index (χ1) is 8.85. The summed E-state index contributed by atoms with van der Waals surface area (Å²) in [5.41, 5.74) is 2.91. The third-order valence-corrected chi connectivity index (χ3v) is 2.65. The molecule has 0 bridgehead atoms. The molecule has 0 amide bonds. The first-order valence-electron chi connectivity index (χ1n) is 6.36. The van der Waals surface area contributed by atoms with Crippen molar-refractivity contribution in [3.63, 3.8) is 0 Å². The Kier molecular flexibility index (Phi) is 5.14. The molecule has 3 nitrogen and oxygen atoms in total. The molecule has 1 rings (SSSR count). The number of methoxy groups -OCH3 is 1. The van der Waals surface area contributed by atoms with Gasteiger partial charge < -0.3 is 10.1 Å². The molecular formula is C16H22N2O. The van der Waals surface area contributed by atoms with Gasteiger partial charge in [-0.3, -0.25) is 0 Å². The summed E-state index contributed by atoms with van der Waals surface area (Å²) < 4.78 is 5.13. The number of hydrogen-bond donors (Lipinski definition) is 1. The molecule has 0 heterocycles. The van der Waals surface area contributed by atoms with Gasteiger partial charge in [0.1, 0.15) is 11.8 Å². The molecule has 0 aliphatic rings. The fourth-order valence-electron chi connectivity index (χ4n) is 1.64. The van der Waals surface area contributed by atoms with Gasteiger partial charge in [0.25, 0.3) is 0 Å². The fourth-order valence-corrected chi connectivity index (χ4v) is 1.64.